The van der Waals surface area contributed by atoms with E-state index in [2.05, 4.69) is 76.7 Å². The second-order valence-corrected chi connectivity index (χ2v) is 25.6. The number of esters is 3. The maximum Gasteiger partial charge on any atom is 0.319 e. The first-order valence-electron chi connectivity index (χ1n) is 15.7. The molecule has 10 nitrogen and oxygen atoms in total. The van der Waals surface area contributed by atoms with Gasteiger partial charge in [0, 0.05) is 11.8 Å². The minimum absolute atomic E-state index is 0.0580. The molecule has 0 heterocycles. The van der Waals surface area contributed by atoms with Crippen LogP contribution >= 0.6 is 15.9 Å². The van der Waals surface area contributed by atoms with Gasteiger partial charge in [-0.1, -0.05) is 68.7 Å². The highest BCUT2D eigenvalue weighted by Crippen LogP contribution is 2.45. The van der Waals surface area contributed by atoms with Gasteiger partial charge in [-0.3, -0.25) is 19.2 Å². The van der Waals surface area contributed by atoms with Crippen molar-refractivity contribution in [1.29, 1.82) is 0 Å². The number of aliphatic carboxylic acids is 1. The SMILES string of the molecule is CCCC[Si](C)(C)C(C)(C)O[Si](C)(C)C(C)(C)CCCOCCOC(=O)CCC(=O)OCC(C)(COC(=O)C(C)Br)C(=O)O. The lowest BCUT2D eigenvalue weighted by molar-refractivity contribution is -0.166. The van der Waals surface area contributed by atoms with Crippen LogP contribution in [0, 0.1) is 5.41 Å². The summed E-state index contributed by atoms with van der Waals surface area (Å²) in [6.45, 7) is 23.7. The molecule has 0 aromatic rings. The number of ether oxygens (including phenoxy) is 4. The van der Waals surface area contributed by atoms with Crippen molar-refractivity contribution in [1.82, 2.24) is 0 Å². The summed E-state index contributed by atoms with van der Waals surface area (Å²) >= 11 is 3.04. The molecule has 0 radical (unpaired) electrons. The fraction of sp³-hybridized carbons (Fsp3) is 0.871. The zero-order valence-corrected chi connectivity index (χ0v) is 32.6. The van der Waals surface area contributed by atoms with Gasteiger partial charge in [-0.25, -0.2) is 0 Å². The van der Waals surface area contributed by atoms with Crippen molar-refractivity contribution in [3.05, 3.63) is 0 Å². The van der Waals surface area contributed by atoms with E-state index in [1.165, 1.54) is 25.8 Å². The van der Waals surface area contributed by atoms with Crippen molar-refractivity contribution in [3.63, 3.8) is 0 Å². The average molecular weight is 728 g/mol. The molecule has 0 bridgehead atoms. The molecule has 2 atom stereocenters. The van der Waals surface area contributed by atoms with E-state index in [0.717, 1.165) is 12.8 Å². The van der Waals surface area contributed by atoms with Crippen molar-refractivity contribution in [2.45, 2.75) is 134 Å². The van der Waals surface area contributed by atoms with E-state index in [1.54, 1.807) is 6.92 Å². The Labute approximate surface area is 275 Å². The Morgan fingerprint density at radius 2 is 1.36 bits per heavy atom. The highest BCUT2D eigenvalue weighted by atomic mass is 79.9. The summed E-state index contributed by atoms with van der Waals surface area (Å²) in [4.78, 5) is 46.7. The zero-order chi connectivity index (χ0) is 34.4. The topological polar surface area (TPSA) is 135 Å². The van der Waals surface area contributed by atoms with Crippen LogP contribution in [0.1, 0.15) is 87.0 Å². The lowest BCUT2D eigenvalue weighted by Gasteiger charge is -2.50. The van der Waals surface area contributed by atoms with Gasteiger partial charge < -0.3 is 28.5 Å². The van der Waals surface area contributed by atoms with Crippen LogP contribution in [0.4, 0.5) is 0 Å². The first-order chi connectivity index (χ1) is 20.0. The number of carbonyl (C=O) groups excluding carboxylic acids is 3. The molecule has 0 aliphatic carbocycles. The lowest BCUT2D eigenvalue weighted by Crippen LogP contribution is -2.59. The van der Waals surface area contributed by atoms with Gasteiger partial charge in [-0.15, -0.1) is 0 Å². The van der Waals surface area contributed by atoms with Gasteiger partial charge in [0.05, 0.1) is 27.5 Å². The molecule has 2 unspecified atom stereocenters. The highest BCUT2D eigenvalue weighted by molar-refractivity contribution is 9.10. The minimum Gasteiger partial charge on any atom is -0.481 e. The number of carbonyl (C=O) groups is 4. The molecule has 0 saturated carbocycles. The smallest absolute Gasteiger partial charge is 0.319 e. The quantitative estimate of drug-likeness (QED) is 0.0390. The lowest BCUT2D eigenvalue weighted by atomic mass is 9.93. The third kappa shape index (κ3) is 14.9. The van der Waals surface area contributed by atoms with Crippen molar-refractivity contribution in [3.8, 4) is 0 Å². The molecule has 1 N–H and O–H groups in total. The number of carboxylic acid groups (broad SMARTS) is 1. The standard InChI is InChI=1S/C31H59BrO10Si2/c1-12-13-21-43(8,9)30(5,6)42-44(10,11)29(3,4)17-14-18-38-19-20-39-25(33)15-16-26(34)40-22-31(7,28(36)37)23-41-27(35)24(2)32/h24H,12-23H2,1-11H3,(H,36,37). The van der Waals surface area contributed by atoms with Gasteiger partial charge in [-0.05, 0) is 58.7 Å². The molecule has 0 rings (SSSR count). The molecule has 258 valence electrons. The van der Waals surface area contributed by atoms with Gasteiger partial charge in [0.2, 0.25) is 0 Å². The van der Waals surface area contributed by atoms with E-state index in [4.69, 9.17) is 23.4 Å². The first-order valence-corrected chi connectivity index (χ1v) is 22.7. The molecule has 0 aliphatic heterocycles. The fourth-order valence-corrected chi connectivity index (χ4v) is 10.3. The Kier molecular flexibility index (Phi) is 18.2. The van der Waals surface area contributed by atoms with E-state index < -0.39 is 63.7 Å². The Balaban J connectivity index is 4.41. The molecule has 44 heavy (non-hydrogen) atoms. The van der Waals surface area contributed by atoms with Gasteiger partial charge >= 0.3 is 23.9 Å². The molecular weight excluding hydrogens is 668 g/mol. The molecular formula is C31H59BrO10Si2. The van der Waals surface area contributed by atoms with Crippen LogP contribution in [0.2, 0.25) is 37.3 Å². The number of halogens is 1. The zero-order valence-electron chi connectivity index (χ0n) is 29.1. The van der Waals surface area contributed by atoms with E-state index in [0.29, 0.717) is 6.61 Å². The summed E-state index contributed by atoms with van der Waals surface area (Å²) in [5.74, 6) is -3.24. The maximum atomic E-state index is 12.1. The van der Waals surface area contributed by atoms with E-state index in [9.17, 15) is 24.3 Å². The number of hydrogen-bond acceptors (Lipinski definition) is 9. The number of carboxylic acids is 1. The van der Waals surface area contributed by atoms with Gasteiger partial charge in [-0.2, -0.15) is 0 Å². The van der Waals surface area contributed by atoms with Crippen LogP contribution in [0.15, 0.2) is 0 Å². The van der Waals surface area contributed by atoms with E-state index >= 15 is 0 Å². The Morgan fingerprint density at radius 3 is 1.89 bits per heavy atom. The summed E-state index contributed by atoms with van der Waals surface area (Å²) in [5.41, 5.74) is -1.62. The summed E-state index contributed by atoms with van der Waals surface area (Å²) < 4.78 is 27.8. The molecule has 13 heteroatoms. The van der Waals surface area contributed by atoms with Crippen molar-refractivity contribution in [2.24, 2.45) is 5.41 Å². The summed E-state index contributed by atoms with van der Waals surface area (Å²) in [6.07, 6.45) is 3.83. The van der Waals surface area contributed by atoms with Crippen LogP contribution in [0.5, 0.6) is 0 Å². The maximum absolute atomic E-state index is 12.1. The highest BCUT2D eigenvalue weighted by Gasteiger charge is 2.49. The molecule has 0 aromatic carbocycles. The van der Waals surface area contributed by atoms with Crippen molar-refractivity contribution >= 4 is 56.2 Å². The van der Waals surface area contributed by atoms with Crippen LogP contribution in [-0.2, 0) is 42.6 Å². The van der Waals surface area contributed by atoms with Crippen LogP contribution in [-0.4, -0.2) is 88.5 Å². The van der Waals surface area contributed by atoms with Crippen LogP contribution < -0.4 is 0 Å². The summed E-state index contributed by atoms with van der Waals surface area (Å²) in [7, 11) is -3.60. The number of unbranched alkanes of at least 4 members (excludes halogenated alkanes) is 1. The van der Waals surface area contributed by atoms with Crippen LogP contribution in [0.3, 0.4) is 0 Å². The summed E-state index contributed by atoms with van der Waals surface area (Å²) in [5, 5.41) is 9.44. The van der Waals surface area contributed by atoms with E-state index in [1.807, 2.05) is 0 Å². The number of rotatable bonds is 23. The third-order valence-corrected chi connectivity index (χ3v) is 19.0. The van der Waals surface area contributed by atoms with Gasteiger partial charge in [0.25, 0.3) is 0 Å². The second kappa shape index (κ2) is 18.8. The third-order valence-electron chi connectivity index (χ3n) is 8.97. The van der Waals surface area contributed by atoms with Crippen molar-refractivity contribution in [2.75, 3.05) is 33.0 Å². The molecule has 0 fully saturated rings. The molecule has 0 amide bonds. The largest absolute Gasteiger partial charge is 0.481 e. The average Bonchev–Trinajstić information content (AvgIpc) is 2.90. The Bertz CT molecular complexity index is 936. The minimum atomic E-state index is -2.04. The predicted octanol–water partition coefficient (Wildman–Crippen LogP) is 6.90. The first kappa shape index (κ1) is 42.7. The Morgan fingerprint density at radius 1 is 0.818 bits per heavy atom. The number of alkyl halides is 1. The normalized spacial score (nSPS) is 14.8. The van der Waals surface area contributed by atoms with Crippen molar-refractivity contribution < 1.29 is 47.7 Å². The Hall–Kier alpha value is -1.29. The van der Waals surface area contributed by atoms with Gasteiger partial charge in [0.15, 0.2) is 8.32 Å². The number of hydrogen-bond donors (Lipinski definition) is 1. The monoisotopic (exact) mass is 726 g/mol. The van der Waals surface area contributed by atoms with E-state index in [-0.39, 0.29) is 36.3 Å². The summed E-state index contributed by atoms with van der Waals surface area (Å²) in [6, 6.07) is 1.27. The molecule has 0 aliphatic rings. The van der Waals surface area contributed by atoms with Crippen LogP contribution in [0.25, 0.3) is 0 Å². The molecule has 0 aromatic heterocycles. The molecule has 0 spiro atoms. The second-order valence-electron chi connectivity index (χ2n) is 14.2. The molecule has 0 saturated heterocycles. The predicted molar refractivity (Wildman–Crippen MR) is 180 cm³/mol. The van der Waals surface area contributed by atoms with Gasteiger partial charge in [0.1, 0.15) is 30.1 Å². The fourth-order valence-electron chi connectivity index (χ4n) is 4.17.